The Morgan fingerprint density at radius 1 is 1.10 bits per heavy atom. The van der Waals surface area contributed by atoms with Crippen LogP contribution in [0.3, 0.4) is 0 Å². The standard InChI is InChI=1S/C28H24Cl2N8O4/c1-3-38-8-7-22(35-38)42-25-17(15-37-9-10-41-28(37)40)11-18(14-31-25)33-27-32-13-16-12-19(26(39)36(2)24(16)34-27)23-20(29)5-4-6-21(23)30/h4-8,11-14H,3,9-10,15H2,1-2H3,(H,32,33,34). The topological polar surface area (TPSA) is 129 Å². The molecule has 0 bridgehead atoms. The van der Waals surface area contributed by atoms with Gasteiger partial charge in [-0.2, -0.15) is 4.98 Å². The summed E-state index contributed by atoms with van der Waals surface area (Å²) in [6.45, 7) is 3.64. The fourth-order valence-corrected chi connectivity index (χ4v) is 5.19. The van der Waals surface area contributed by atoms with E-state index >= 15 is 0 Å². The zero-order valence-corrected chi connectivity index (χ0v) is 24.1. The van der Waals surface area contributed by atoms with Crippen molar-refractivity contribution in [1.82, 2.24) is 34.2 Å². The quantitative estimate of drug-likeness (QED) is 0.246. The van der Waals surface area contributed by atoms with E-state index in [2.05, 4.69) is 25.4 Å². The molecule has 6 rings (SSSR count). The van der Waals surface area contributed by atoms with Gasteiger partial charge >= 0.3 is 6.09 Å². The predicted octanol–water partition coefficient (Wildman–Crippen LogP) is 5.40. The van der Waals surface area contributed by atoms with Gasteiger partial charge in [-0.3, -0.25) is 14.0 Å². The lowest BCUT2D eigenvalue weighted by Gasteiger charge is -2.16. The van der Waals surface area contributed by atoms with Crippen molar-refractivity contribution in [1.29, 1.82) is 0 Å². The number of amides is 1. The van der Waals surface area contributed by atoms with E-state index in [1.807, 2.05) is 6.92 Å². The Hall–Kier alpha value is -4.68. The third-order valence-electron chi connectivity index (χ3n) is 6.71. The Labute approximate surface area is 249 Å². The summed E-state index contributed by atoms with van der Waals surface area (Å²) in [6, 6.07) is 10.3. The van der Waals surface area contributed by atoms with Crippen molar-refractivity contribution in [3.05, 3.63) is 81.0 Å². The molecule has 0 atom stereocenters. The summed E-state index contributed by atoms with van der Waals surface area (Å²) in [5, 5.41) is 8.85. The van der Waals surface area contributed by atoms with E-state index in [0.717, 1.165) is 0 Å². The Morgan fingerprint density at radius 2 is 1.90 bits per heavy atom. The highest BCUT2D eigenvalue weighted by Crippen LogP contribution is 2.34. The summed E-state index contributed by atoms with van der Waals surface area (Å²) in [5.41, 5.74) is 2.07. The average molecular weight is 607 g/mol. The van der Waals surface area contributed by atoms with E-state index < -0.39 is 6.09 Å². The van der Waals surface area contributed by atoms with E-state index in [1.54, 1.807) is 71.6 Å². The van der Waals surface area contributed by atoms with Crippen molar-refractivity contribution in [2.75, 3.05) is 18.5 Å². The number of aryl methyl sites for hydroxylation is 2. The number of hydrogen-bond acceptors (Lipinski definition) is 9. The fourth-order valence-electron chi connectivity index (χ4n) is 4.59. The van der Waals surface area contributed by atoms with Crippen molar-refractivity contribution in [3.63, 3.8) is 0 Å². The molecule has 0 saturated carbocycles. The molecule has 0 radical (unpaired) electrons. The highest BCUT2D eigenvalue weighted by Gasteiger charge is 2.24. The molecule has 1 aromatic carbocycles. The van der Waals surface area contributed by atoms with Gasteiger partial charge < -0.3 is 19.7 Å². The first kappa shape index (κ1) is 27.5. The van der Waals surface area contributed by atoms with Gasteiger partial charge in [-0.15, -0.1) is 5.10 Å². The van der Waals surface area contributed by atoms with Gasteiger partial charge in [0, 0.05) is 48.6 Å². The number of benzene rings is 1. The molecule has 42 heavy (non-hydrogen) atoms. The molecule has 1 N–H and O–H groups in total. The van der Waals surface area contributed by atoms with Crippen LogP contribution in [0.25, 0.3) is 22.2 Å². The first-order valence-electron chi connectivity index (χ1n) is 13.0. The molecule has 0 spiro atoms. The summed E-state index contributed by atoms with van der Waals surface area (Å²) in [4.78, 5) is 40.5. The van der Waals surface area contributed by atoms with Gasteiger partial charge in [-0.25, -0.2) is 14.8 Å². The number of hydrogen-bond donors (Lipinski definition) is 1. The monoisotopic (exact) mass is 606 g/mol. The number of nitrogens with one attached hydrogen (secondary N) is 1. The van der Waals surface area contributed by atoms with Crippen LogP contribution < -0.4 is 15.6 Å². The molecular formula is C28H24Cl2N8O4. The van der Waals surface area contributed by atoms with Gasteiger partial charge in [-0.05, 0) is 31.2 Å². The second-order valence-electron chi connectivity index (χ2n) is 9.45. The van der Waals surface area contributed by atoms with Gasteiger partial charge in [0.2, 0.25) is 17.7 Å². The van der Waals surface area contributed by atoms with Crippen molar-refractivity contribution < 1.29 is 14.3 Å². The maximum absolute atomic E-state index is 13.3. The SMILES string of the molecule is CCn1ccc(Oc2ncc(Nc3ncc4cc(-c5c(Cl)cccc5Cl)c(=O)n(C)c4n3)cc2CN2CCOC2=O)n1. The van der Waals surface area contributed by atoms with Gasteiger partial charge in [0.25, 0.3) is 5.56 Å². The molecule has 1 amide bonds. The van der Waals surface area contributed by atoms with Gasteiger partial charge in [0.05, 0.1) is 40.6 Å². The second kappa shape index (κ2) is 11.3. The van der Waals surface area contributed by atoms with Gasteiger partial charge in [0.15, 0.2) is 0 Å². The number of fused-ring (bicyclic) bond motifs is 1. The van der Waals surface area contributed by atoms with Crippen LogP contribution in [0.5, 0.6) is 11.8 Å². The normalized spacial score (nSPS) is 13.0. The minimum absolute atomic E-state index is 0.214. The van der Waals surface area contributed by atoms with Crippen LogP contribution in [0.4, 0.5) is 16.4 Å². The van der Waals surface area contributed by atoms with Crippen LogP contribution in [0.15, 0.2) is 59.8 Å². The van der Waals surface area contributed by atoms with Crippen molar-refractivity contribution >= 4 is 52.0 Å². The Morgan fingerprint density at radius 3 is 2.62 bits per heavy atom. The number of ether oxygens (including phenoxy) is 2. The summed E-state index contributed by atoms with van der Waals surface area (Å²) in [6.07, 6.45) is 4.56. The smallest absolute Gasteiger partial charge is 0.410 e. The second-order valence-corrected chi connectivity index (χ2v) is 10.3. The number of anilines is 2. The van der Waals surface area contributed by atoms with E-state index in [4.69, 9.17) is 32.7 Å². The molecule has 1 aliphatic rings. The fraction of sp³-hybridized carbons (Fsp3) is 0.214. The van der Waals surface area contributed by atoms with Crippen LogP contribution >= 0.6 is 23.2 Å². The maximum atomic E-state index is 13.3. The number of aromatic nitrogens is 6. The van der Waals surface area contributed by atoms with Crippen molar-refractivity contribution in [2.45, 2.75) is 20.0 Å². The molecule has 4 aromatic heterocycles. The predicted molar refractivity (Wildman–Crippen MR) is 157 cm³/mol. The Bertz CT molecular complexity index is 1870. The van der Waals surface area contributed by atoms with Gasteiger partial charge in [-0.1, -0.05) is 29.3 Å². The van der Waals surface area contributed by atoms with E-state index in [0.29, 0.717) is 74.9 Å². The molecular weight excluding hydrogens is 583 g/mol. The van der Waals surface area contributed by atoms with Crippen LogP contribution in [0.1, 0.15) is 12.5 Å². The first-order valence-corrected chi connectivity index (χ1v) is 13.8. The Kier molecular flexibility index (Phi) is 7.40. The van der Waals surface area contributed by atoms with Crippen molar-refractivity contribution in [2.24, 2.45) is 7.05 Å². The third-order valence-corrected chi connectivity index (χ3v) is 7.34. The van der Waals surface area contributed by atoms with Crippen LogP contribution in [-0.4, -0.2) is 53.4 Å². The molecule has 214 valence electrons. The molecule has 5 heterocycles. The Balaban J connectivity index is 1.32. The molecule has 0 unspecified atom stereocenters. The number of carbonyl (C=O) groups is 1. The van der Waals surface area contributed by atoms with E-state index in [1.165, 1.54) is 4.57 Å². The largest absolute Gasteiger partial charge is 0.448 e. The van der Waals surface area contributed by atoms with Gasteiger partial charge in [0.1, 0.15) is 12.3 Å². The molecule has 0 aliphatic carbocycles. The number of pyridine rings is 2. The number of halogens is 2. The highest BCUT2D eigenvalue weighted by molar-refractivity contribution is 6.39. The lowest BCUT2D eigenvalue weighted by molar-refractivity contribution is 0.157. The molecule has 14 heteroatoms. The maximum Gasteiger partial charge on any atom is 0.410 e. The molecule has 1 aliphatic heterocycles. The van der Waals surface area contributed by atoms with Crippen LogP contribution in [0.2, 0.25) is 10.0 Å². The zero-order chi connectivity index (χ0) is 29.4. The highest BCUT2D eigenvalue weighted by atomic mass is 35.5. The summed E-state index contributed by atoms with van der Waals surface area (Å²) in [7, 11) is 1.62. The van der Waals surface area contributed by atoms with Crippen LogP contribution in [0, 0.1) is 0 Å². The first-order chi connectivity index (χ1) is 20.3. The third kappa shape index (κ3) is 5.33. The van der Waals surface area contributed by atoms with Crippen LogP contribution in [-0.2, 0) is 24.9 Å². The number of cyclic esters (lactones) is 1. The molecule has 1 saturated heterocycles. The molecule has 5 aromatic rings. The van der Waals surface area contributed by atoms with E-state index in [9.17, 15) is 9.59 Å². The average Bonchev–Trinajstić information content (AvgIpc) is 3.61. The number of carbonyl (C=O) groups excluding carboxylic acids is 1. The number of rotatable bonds is 8. The number of nitrogens with zero attached hydrogens (tertiary/aromatic N) is 7. The summed E-state index contributed by atoms with van der Waals surface area (Å²) < 4.78 is 14.2. The molecule has 1 fully saturated rings. The minimum atomic E-state index is -0.411. The lowest BCUT2D eigenvalue weighted by atomic mass is 10.1. The zero-order valence-electron chi connectivity index (χ0n) is 22.5. The molecule has 12 nitrogen and oxygen atoms in total. The lowest BCUT2D eigenvalue weighted by Crippen LogP contribution is -2.24. The minimum Gasteiger partial charge on any atom is -0.448 e. The van der Waals surface area contributed by atoms with E-state index in [-0.39, 0.29) is 18.1 Å². The van der Waals surface area contributed by atoms with Crippen molar-refractivity contribution in [3.8, 4) is 22.9 Å². The summed E-state index contributed by atoms with van der Waals surface area (Å²) in [5.74, 6) is 0.922. The summed E-state index contributed by atoms with van der Waals surface area (Å²) >= 11 is 12.7.